The standard InChI is InChI=1S/C19H24N4O3/c1-20-9-10-21-11-12-22(13-16(21)19(20)26)18(25)14-4-6-15(7-5-14)23-8-2-3-17(23)24/h4-7,16H,2-3,8-13H2,1H3. The molecule has 3 fully saturated rings. The van der Waals surface area contributed by atoms with E-state index < -0.39 is 0 Å². The number of benzene rings is 1. The van der Waals surface area contributed by atoms with Crippen LogP contribution in [0, 0.1) is 0 Å². The highest BCUT2D eigenvalue weighted by molar-refractivity contribution is 5.98. The third-order valence-electron chi connectivity index (χ3n) is 5.66. The summed E-state index contributed by atoms with van der Waals surface area (Å²) in [7, 11) is 1.82. The van der Waals surface area contributed by atoms with E-state index in [1.54, 1.807) is 26.8 Å². The normalized spacial score (nSPS) is 24.2. The molecule has 0 N–H and O–H groups in total. The number of hydrogen-bond donors (Lipinski definition) is 0. The van der Waals surface area contributed by atoms with E-state index in [1.807, 2.05) is 19.2 Å². The second-order valence-electron chi connectivity index (χ2n) is 7.26. The molecule has 0 radical (unpaired) electrons. The summed E-state index contributed by atoms with van der Waals surface area (Å²) in [6.45, 7) is 4.17. The van der Waals surface area contributed by atoms with Gasteiger partial charge >= 0.3 is 0 Å². The van der Waals surface area contributed by atoms with Crippen molar-refractivity contribution >= 4 is 23.4 Å². The van der Waals surface area contributed by atoms with Crippen LogP contribution in [-0.4, -0.2) is 84.8 Å². The molecule has 4 rings (SSSR count). The molecule has 3 aliphatic rings. The van der Waals surface area contributed by atoms with E-state index in [9.17, 15) is 14.4 Å². The molecule has 3 amide bonds. The molecule has 7 nitrogen and oxygen atoms in total. The molecule has 1 aromatic carbocycles. The van der Waals surface area contributed by atoms with Crippen LogP contribution in [0.15, 0.2) is 24.3 Å². The first kappa shape index (κ1) is 17.0. The number of amides is 3. The lowest BCUT2D eigenvalue weighted by Gasteiger charge is -2.45. The van der Waals surface area contributed by atoms with Crippen LogP contribution in [-0.2, 0) is 9.59 Å². The number of anilines is 1. The first-order valence-electron chi connectivity index (χ1n) is 9.23. The van der Waals surface area contributed by atoms with Crippen LogP contribution < -0.4 is 4.90 Å². The maximum absolute atomic E-state index is 12.9. The summed E-state index contributed by atoms with van der Waals surface area (Å²) in [5.74, 6) is 0.182. The van der Waals surface area contributed by atoms with Crippen molar-refractivity contribution in [2.45, 2.75) is 18.9 Å². The van der Waals surface area contributed by atoms with Gasteiger partial charge in [-0.3, -0.25) is 19.3 Å². The Balaban J connectivity index is 1.46. The second kappa shape index (κ2) is 6.72. The molecular weight excluding hydrogens is 332 g/mol. The van der Waals surface area contributed by atoms with Gasteiger partial charge in [-0.05, 0) is 30.7 Å². The Morgan fingerprint density at radius 1 is 1.00 bits per heavy atom. The highest BCUT2D eigenvalue weighted by atomic mass is 16.2. The van der Waals surface area contributed by atoms with Crippen LogP contribution >= 0.6 is 0 Å². The van der Waals surface area contributed by atoms with Gasteiger partial charge in [0.15, 0.2) is 0 Å². The molecule has 3 heterocycles. The van der Waals surface area contributed by atoms with Crippen molar-refractivity contribution in [3.8, 4) is 0 Å². The fourth-order valence-electron chi connectivity index (χ4n) is 4.04. The van der Waals surface area contributed by atoms with E-state index >= 15 is 0 Å². The summed E-state index contributed by atoms with van der Waals surface area (Å²) in [5, 5.41) is 0. The zero-order chi connectivity index (χ0) is 18.3. The van der Waals surface area contributed by atoms with Crippen molar-refractivity contribution in [1.29, 1.82) is 0 Å². The van der Waals surface area contributed by atoms with Gasteiger partial charge in [0.1, 0.15) is 6.04 Å². The molecular formula is C19H24N4O3. The minimum Gasteiger partial charge on any atom is -0.343 e. The molecule has 1 atom stereocenters. The number of piperazine rings is 2. The number of rotatable bonds is 2. The molecule has 26 heavy (non-hydrogen) atoms. The molecule has 0 spiro atoms. The van der Waals surface area contributed by atoms with E-state index in [0.29, 0.717) is 25.1 Å². The quantitative estimate of drug-likeness (QED) is 0.770. The predicted octanol–water partition coefficient (Wildman–Crippen LogP) is 0.412. The molecule has 3 saturated heterocycles. The Morgan fingerprint density at radius 2 is 1.73 bits per heavy atom. The Bertz CT molecular complexity index is 733. The van der Waals surface area contributed by atoms with Crippen LogP contribution in [0.4, 0.5) is 5.69 Å². The van der Waals surface area contributed by atoms with Gasteiger partial charge in [0.2, 0.25) is 11.8 Å². The van der Waals surface area contributed by atoms with E-state index in [1.165, 1.54) is 0 Å². The zero-order valence-electron chi connectivity index (χ0n) is 15.1. The summed E-state index contributed by atoms with van der Waals surface area (Å²) in [6, 6.07) is 7.01. The topological polar surface area (TPSA) is 64.2 Å². The van der Waals surface area contributed by atoms with Gasteiger partial charge in [-0.15, -0.1) is 0 Å². The van der Waals surface area contributed by atoms with Crippen molar-refractivity contribution < 1.29 is 14.4 Å². The molecule has 138 valence electrons. The van der Waals surface area contributed by atoms with Crippen LogP contribution in [0.5, 0.6) is 0 Å². The monoisotopic (exact) mass is 356 g/mol. The van der Waals surface area contributed by atoms with Gasteiger partial charge < -0.3 is 14.7 Å². The smallest absolute Gasteiger partial charge is 0.253 e. The van der Waals surface area contributed by atoms with Crippen LogP contribution in [0.2, 0.25) is 0 Å². The number of fused-ring (bicyclic) bond motifs is 1. The van der Waals surface area contributed by atoms with E-state index in [4.69, 9.17) is 0 Å². The molecule has 0 aromatic heterocycles. The SMILES string of the molecule is CN1CCN2CCN(C(=O)c3ccc(N4CCCC4=O)cc3)CC2C1=O. The van der Waals surface area contributed by atoms with Crippen molar-refractivity contribution in [1.82, 2.24) is 14.7 Å². The Kier molecular flexibility index (Phi) is 4.40. The summed E-state index contributed by atoms with van der Waals surface area (Å²) in [5.41, 5.74) is 1.45. The Morgan fingerprint density at radius 3 is 2.42 bits per heavy atom. The van der Waals surface area contributed by atoms with Gasteiger partial charge in [0.25, 0.3) is 5.91 Å². The highest BCUT2D eigenvalue weighted by Gasteiger charge is 2.38. The summed E-state index contributed by atoms with van der Waals surface area (Å²) in [4.78, 5) is 44.6. The molecule has 1 aromatic rings. The average Bonchev–Trinajstić information content (AvgIpc) is 3.10. The molecule has 7 heteroatoms. The highest BCUT2D eigenvalue weighted by Crippen LogP contribution is 2.23. The molecule has 0 aliphatic carbocycles. The number of likely N-dealkylation sites (N-methyl/N-ethyl adjacent to an activating group) is 1. The predicted molar refractivity (Wildman–Crippen MR) is 96.9 cm³/mol. The van der Waals surface area contributed by atoms with Gasteiger partial charge in [-0.1, -0.05) is 0 Å². The summed E-state index contributed by atoms with van der Waals surface area (Å²) in [6.07, 6.45) is 1.47. The molecule has 3 aliphatic heterocycles. The van der Waals surface area contributed by atoms with Crippen molar-refractivity contribution in [3.05, 3.63) is 29.8 Å². The third kappa shape index (κ3) is 2.96. The zero-order valence-corrected chi connectivity index (χ0v) is 15.1. The Hall–Kier alpha value is -2.41. The minimum absolute atomic E-state index is 0.0509. The first-order valence-corrected chi connectivity index (χ1v) is 9.23. The van der Waals surface area contributed by atoms with Crippen LogP contribution in [0.3, 0.4) is 0 Å². The lowest BCUT2D eigenvalue weighted by atomic mass is 10.1. The maximum Gasteiger partial charge on any atom is 0.253 e. The maximum atomic E-state index is 12.9. The van der Waals surface area contributed by atoms with Gasteiger partial charge in [0.05, 0.1) is 0 Å². The first-order chi connectivity index (χ1) is 12.5. The number of carbonyl (C=O) groups is 3. The van der Waals surface area contributed by atoms with E-state index in [-0.39, 0.29) is 23.8 Å². The lowest BCUT2D eigenvalue weighted by Crippen LogP contribution is -2.64. The van der Waals surface area contributed by atoms with Gasteiger partial charge in [0, 0.05) is 64.0 Å². The second-order valence-corrected chi connectivity index (χ2v) is 7.26. The number of hydrogen-bond acceptors (Lipinski definition) is 4. The summed E-state index contributed by atoms with van der Waals surface area (Å²) >= 11 is 0. The van der Waals surface area contributed by atoms with E-state index in [2.05, 4.69) is 4.90 Å². The summed E-state index contributed by atoms with van der Waals surface area (Å²) < 4.78 is 0. The van der Waals surface area contributed by atoms with Crippen LogP contribution in [0.25, 0.3) is 0 Å². The van der Waals surface area contributed by atoms with Crippen molar-refractivity contribution in [2.24, 2.45) is 0 Å². The third-order valence-corrected chi connectivity index (χ3v) is 5.66. The fraction of sp³-hybridized carbons (Fsp3) is 0.526. The van der Waals surface area contributed by atoms with Crippen molar-refractivity contribution in [2.75, 3.05) is 51.2 Å². The molecule has 0 bridgehead atoms. The van der Waals surface area contributed by atoms with Crippen LogP contribution in [0.1, 0.15) is 23.2 Å². The molecule has 0 saturated carbocycles. The van der Waals surface area contributed by atoms with E-state index in [0.717, 1.165) is 38.3 Å². The van der Waals surface area contributed by atoms with Gasteiger partial charge in [-0.2, -0.15) is 0 Å². The molecule has 1 unspecified atom stereocenters. The minimum atomic E-state index is -0.229. The van der Waals surface area contributed by atoms with Gasteiger partial charge in [-0.25, -0.2) is 0 Å². The average molecular weight is 356 g/mol. The number of nitrogens with zero attached hydrogens (tertiary/aromatic N) is 4. The number of carbonyl (C=O) groups excluding carboxylic acids is 3. The largest absolute Gasteiger partial charge is 0.343 e. The lowest BCUT2D eigenvalue weighted by molar-refractivity contribution is -0.142. The van der Waals surface area contributed by atoms with Crippen molar-refractivity contribution in [3.63, 3.8) is 0 Å². The Labute approximate surface area is 153 Å². The fourth-order valence-corrected chi connectivity index (χ4v) is 4.04.